The second-order valence-corrected chi connectivity index (χ2v) is 7.09. The Morgan fingerprint density at radius 1 is 1.05 bits per heavy atom. The Kier molecular flexibility index (Phi) is 3.94. The van der Waals surface area contributed by atoms with Crippen molar-refractivity contribution in [3.8, 4) is 11.3 Å². The van der Waals surface area contributed by atoms with E-state index in [0.29, 0.717) is 0 Å². The molecule has 3 rings (SSSR count). The normalized spacial score (nSPS) is 11.4. The molecule has 22 heavy (non-hydrogen) atoms. The van der Waals surface area contributed by atoms with Gasteiger partial charge < -0.3 is 5.32 Å². The van der Waals surface area contributed by atoms with Crippen LogP contribution in [-0.2, 0) is 5.41 Å². The minimum absolute atomic E-state index is 0.174. The molecule has 0 fully saturated rings. The fraction of sp³-hybridized carbons (Fsp3) is 0.222. The highest BCUT2D eigenvalue weighted by molar-refractivity contribution is 7.14. The van der Waals surface area contributed by atoms with Crippen LogP contribution in [0.15, 0.2) is 54.2 Å². The zero-order chi connectivity index (χ0) is 15.6. The molecule has 4 heteroatoms. The zero-order valence-electron chi connectivity index (χ0n) is 13.0. The number of rotatable bonds is 3. The van der Waals surface area contributed by atoms with E-state index in [2.05, 4.69) is 60.3 Å². The number of nitrogens with one attached hydrogen (secondary N) is 1. The SMILES string of the molecule is CC(C)(C)c1ccc(Nc2nc(-c3cccnc3)cs2)cc1. The molecule has 1 aromatic carbocycles. The molecule has 112 valence electrons. The van der Waals surface area contributed by atoms with Crippen LogP contribution in [0.25, 0.3) is 11.3 Å². The van der Waals surface area contributed by atoms with Gasteiger partial charge in [0.2, 0.25) is 0 Å². The average Bonchev–Trinajstić information content (AvgIpc) is 2.96. The first-order chi connectivity index (χ1) is 10.5. The van der Waals surface area contributed by atoms with Crippen molar-refractivity contribution in [1.82, 2.24) is 9.97 Å². The van der Waals surface area contributed by atoms with Crippen LogP contribution >= 0.6 is 11.3 Å². The monoisotopic (exact) mass is 309 g/mol. The second kappa shape index (κ2) is 5.89. The maximum atomic E-state index is 4.61. The number of aromatic nitrogens is 2. The van der Waals surface area contributed by atoms with Gasteiger partial charge in [-0.2, -0.15) is 0 Å². The van der Waals surface area contributed by atoms with Crippen molar-refractivity contribution in [2.24, 2.45) is 0 Å². The van der Waals surface area contributed by atoms with E-state index >= 15 is 0 Å². The summed E-state index contributed by atoms with van der Waals surface area (Å²) in [6.07, 6.45) is 3.60. The van der Waals surface area contributed by atoms with E-state index in [4.69, 9.17) is 0 Å². The van der Waals surface area contributed by atoms with E-state index < -0.39 is 0 Å². The van der Waals surface area contributed by atoms with Crippen molar-refractivity contribution in [1.29, 1.82) is 0 Å². The number of hydrogen-bond acceptors (Lipinski definition) is 4. The Hall–Kier alpha value is -2.20. The highest BCUT2D eigenvalue weighted by atomic mass is 32.1. The van der Waals surface area contributed by atoms with Crippen LogP contribution in [0.2, 0.25) is 0 Å². The van der Waals surface area contributed by atoms with Gasteiger partial charge in [0.15, 0.2) is 5.13 Å². The Bertz CT molecular complexity index is 740. The van der Waals surface area contributed by atoms with E-state index in [1.54, 1.807) is 17.5 Å². The second-order valence-electron chi connectivity index (χ2n) is 6.23. The lowest BCUT2D eigenvalue weighted by Gasteiger charge is -2.19. The fourth-order valence-electron chi connectivity index (χ4n) is 2.16. The van der Waals surface area contributed by atoms with Crippen molar-refractivity contribution >= 4 is 22.2 Å². The van der Waals surface area contributed by atoms with Crippen LogP contribution < -0.4 is 5.32 Å². The molecule has 0 bridgehead atoms. The largest absolute Gasteiger partial charge is 0.332 e. The molecule has 3 nitrogen and oxygen atoms in total. The molecule has 1 N–H and O–H groups in total. The lowest BCUT2D eigenvalue weighted by Crippen LogP contribution is -2.10. The third-order valence-corrected chi connectivity index (χ3v) is 4.22. The first kappa shape index (κ1) is 14.7. The van der Waals surface area contributed by atoms with Crippen molar-refractivity contribution < 1.29 is 0 Å². The molecule has 0 radical (unpaired) electrons. The Labute approximate surface area is 135 Å². The van der Waals surface area contributed by atoms with Crippen LogP contribution in [0.1, 0.15) is 26.3 Å². The summed E-state index contributed by atoms with van der Waals surface area (Å²) in [7, 11) is 0. The number of benzene rings is 1. The lowest BCUT2D eigenvalue weighted by atomic mass is 9.87. The maximum absolute atomic E-state index is 4.61. The molecule has 0 unspecified atom stereocenters. The lowest BCUT2D eigenvalue weighted by molar-refractivity contribution is 0.590. The molecule has 0 atom stereocenters. The summed E-state index contributed by atoms with van der Waals surface area (Å²) in [5, 5.41) is 6.30. The molecule has 0 spiro atoms. The topological polar surface area (TPSA) is 37.8 Å². The van der Waals surface area contributed by atoms with E-state index in [-0.39, 0.29) is 5.41 Å². The maximum Gasteiger partial charge on any atom is 0.187 e. The number of hydrogen-bond donors (Lipinski definition) is 1. The first-order valence-electron chi connectivity index (χ1n) is 7.26. The van der Waals surface area contributed by atoms with E-state index in [0.717, 1.165) is 22.1 Å². The summed E-state index contributed by atoms with van der Waals surface area (Å²) < 4.78 is 0. The smallest absolute Gasteiger partial charge is 0.187 e. The summed E-state index contributed by atoms with van der Waals surface area (Å²) >= 11 is 1.60. The highest BCUT2D eigenvalue weighted by Crippen LogP contribution is 2.28. The molecule has 0 aliphatic heterocycles. The van der Waals surface area contributed by atoms with Gasteiger partial charge in [-0.3, -0.25) is 4.98 Å². The quantitative estimate of drug-likeness (QED) is 0.718. The van der Waals surface area contributed by atoms with Gasteiger partial charge in [0.05, 0.1) is 5.69 Å². The highest BCUT2D eigenvalue weighted by Gasteiger charge is 2.13. The van der Waals surface area contributed by atoms with Crippen molar-refractivity contribution in [3.05, 3.63) is 59.7 Å². The van der Waals surface area contributed by atoms with Gasteiger partial charge in [-0.05, 0) is 35.2 Å². The van der Waals surface area contributed by atoms with Crippen LogP contribution in [-0.4, -0.2) is 9.97 Å². The fourth-order valence-corrected chi connectivity index (χ4v) is 2.89. The molecule has 2 heterocycles. The van der Waals surface area contributed by atoms with E-state index in [1.807, 2.05) is 23.7 Å². The Morgan fingerprint density at radius 2 is 1.82 bits per heavy atom. The zero-order valence-corrected chi connectivity index (χ0v) is 13.8. The molecular formula is C18H19N3S. The Balaban J connectivity index is 1.76. The first-order valence-corrected chi connectivity index (χ1v) is 8.14. The summed E-state index contributed by atoms with van der Waals surface area (Å²) in [6, 6.07) is 12.5. The predicted molar refractivity (Wildman–Crippen MR) is 93.8 cm³/mol. The number of anilines is 2. The molecule has 3 aromatic rings. The Morgan fingerprint density at radius 3 is 2.45 bits per heavy atom. The minimum Gasteiger partial charge on any atom is -0.332 e. The van der Waals surface area contributed by atoms with Gasteiger partial charge in [-0.1, -0.05) is 32.9 Å². The molecule has 2 aromatic heterocycles. The van der Waals surface area contributed by atoms with Crippen LogP contribution in [0.3, 0.4) is 0 Å². The number of thiazole rings is 1. The molecular weight excluding hydrogens is 290 g/mol. The third kappa shape index (κ3) is 3.34. The van der Waals surface area contributed by atoms with Gasteiger partial charge in [-0.15, -0.1) is 11.3 Å². The predicted octanol–water partition coefficient (Wildman–Crippen LogP) is 5.25. The number of nitrogens with zero attached hydrogens (tertiary/aromatic N) is 2. The van der Waals surface area contributed by atoms with Gasteiger partial charge >= 0.3 is 0 Å². The molecule has 0 saturated heterocycles. The molecule has 0 aliphatic carbocycles. The molecule has 0 amide bonds. The van der Waals surface area contributed by atoms with Crippen LogP contribution in [0.5, 0.6) is 0 Å². The average molecular weight is 309 g/mol. The van der Waals surface area contributed by atoms with E-state index in [9.17, 15) is 0 Å². The van der Waals surface area contributed by atoms with Crippen molar-refractivity contribution in [2.75, 3.05) is 5.32 Å². The van der Waals surface area contributed by atoms with Crippen LogP contribution in [0.4, 0.5) is 10.8 Å². The summed E-state index contributed by atoms with van der Waals surface area (Å²) in [5.41, 5.74) is 4.54. The van der Waals surface area contributed by atoms with Gasteiger partial charge in [0.1, 0.15) is 0 Å². The number of pyridine rings is 1. The summed E-state index contributed by atoms with van der Waals surface area (Å²) in [4.78, 5) is 8.75. The van der Waals surface area contributed by atoms with Gasteiger partial charge in [0, 0.05) is 29.0 Å². The van der Waals surface area contributed by atoms with Crippen LogP contribution in [0, 0.1) is 0 Å². The van der Waals surface area contributed by atoms with Gasteiger partial charge in [-0.25, -0.2) is 4.98 Å². The minimum atomic E-state index is 0.174. The van der Waals surface area contributed by atoms with E-state index in [1.165, 1.54) is 5.56 Å². The van der Waals surface area contributed by atoms with Crippen molar-refractivity contribution in [2.45, 2.75) is 26.2 Å². The standard InChI is InChI=1S/C18H19N3S/c1-18(2,3)14-6-8-15(9-7-14)20-17-21-16(12-22-17)13-5-4-10-19-11-13/h4-12H,1-3H3,(H,20,21). The van der Waals surface area contributed by atoms with Crippen molar-refractivity contribution in [3.63, 3.8) is 0 Å². The molecule has 0 aliphatic rings. The molecule has 0 saturated carbocycles. The van der Waals surface area contributed by atoms with Gasteiger partial charge in [0.25, 0.3) is 0 Å². The summed E-state index contributed by atoms with van der Waals surface area (Å²) in [6.45, 7) is 6.66. The third-order valence-electron chi connectivity index (χ3n) is 3.46. The summed E-state index contributed by atoms with van der Waals surface area (Å²) in [5.74, 6) is 0.